The van der Waals surface area contributed by atoms with Crippen LogP contribution in [-0.2, 0) is 0 Å². The Morgan fingerprint density at radius 2 is 1.89 bits per heavy atom. The average molecular weight is 505 g/mol. The van der Waals surface area contributed by atoms with E-state index in [1.807, 2.05) is 44.2 Å². The lowest BCUT2D eigenvalue weighted by Crippen LogP contribution is -2.63. The van der Waals surface area contributed by atoms with Crippen LogP contribution in [0.1, 0.15) is 40.0 Å². The quantitative estimate of drug-likeness (QED) is 0.538. The van der Waals surface area contributed by atoms with Crippen LogP contribution >= 0.6 is 0 Å². The summed E-state index contributed by atoms with van der Waals surface area (Å²) in [6.07, 6.45) is 3.23. The number of ether oxygens (including phenoxy) is 1. The van der Waals surface area contributed by atoms with Crippen LogP contribution in [0.3, 0.4) is 0 Å². The minimum Gasteiger partial charge on any atom is -0.497 e. The zero-order valence-electron chi connectivity index (χ0n) is 22.7. The summed E-state index contributed by atoms with van der Waals surface area (Å²) >= 11 is 0. The third-order valence-electron chi connectivity index (χ3n) is 7.54. The van der Waals surface area contributed by atoms with E-state index in [9.17, 15) is 4.79 Å². The molecule has 8 nitrogen and oxygen atoms in total. The molecule has 2 saturated heterocycles. The van der Waals surface area contributed by atoms with Gasteiger partial charge in [-0.15, -0.1) is 0 Å². The smallest absolute Gasteiger partial charge is 0.252 e. The maximum atomic E-state index is 13.4. The number of piperazine rings is 1. The molecule has 0 spiro atoms. The number of carbonyl (C=O) groups is 1. The molecule has 0 radical (unpaired) electrons. The molecule has 1 atom stereocenters. The van der Waals surface area contributed by atoms with E-state index in [0.717, 1.165) is 67.2 Å². The standard InChI is InChI=1S/C29H40N6O2/c1-20-6-7-25(35-18-26(19-35)34-10-8-33(4)9-11-34)15-28(20)29(36)32-21(2)22-12-23(14-27(13-22)37-5)24(16-30)17-31-3/h6-7,12-17,21,26H,8-11,18-19,30H2,1-5H3,(H,32,36)/t21-/m1/s1. The largest absolute Gasteiger partial charge is 0.497 e. The molecule has 2 fully saturated rings. The molecular weight excluding hydrogens is 464 g/mol. The van der Waals surface area contributed by atoms with Crippen molar-refractivity contribution in [3.63, 3.8) is 0 Å². The minimum atomic E-state index is -0.229. The summed E-state index contributed by atoms with van der Waals surface area (Å²) in [6, 6.07) is 12.4. The minimum absolute atomic E-state index is 0.0860. The first kappa shape index (κ1) is 26.7. The Labute approximate surface area is 220 Å². The third-order valence-corrected chi connectivity index (χ3v) is 7.54. The topological polar surface area (TPSA) is 86.4 Å². The predicted octanol–water partition coefficient (Wildman–Crippen LogP) is 2.93. The maximum absolute atomic E-state index is 13.4. The number of aliphatic imine (C=N–C) groups is 1. The number of likely N-dealkylation sites (N-methyl/N-ethyl adjacent to an activating group) is 1. The molecular formula is C29H40N6O2. The molecule has 37 heavy (non-hydrogen) atoms. The Kier molecular flexibility index (Phi) is 8.51. The Hall–Kier alpha value is -3.36. The lowest BCUT2D eigenvalue weighted by atomic mass is 9.99. The summed E-state index contributed by atoms with van der Waals surface area (Å²) in [5.41, 5.74) is 11.2. The van der Waals surface area contributed by atoms with Gasteiger partial charge in [-0.1, -0.05) is 6.07 Å². The molecule has 1 amide bonds. The van der Waals surface area contributed by atoms with Gasteiger partial charge in [0.05, 0.1) is 13.2 Å². The van der Waals surface area contributed by atoms with Gasteiger partial charge in [-0.2, -0.15) is 0 Å². The van der Waals surface area contributed by atoms with Crippen molar-refractivity contribution in [2.45, 2.75) is 25.9 Å². The Bertz CT molecular complexity index is 1160. The molecule has 2 heterocycles. The van der Waals surface area contributed by atoms with Gasteiger partial charge in [-0.25, -0.2) is 0 Å². The fourth-order valence-electron chi connectivity index (χ4n) is 5.00. The van der Waals surface area contributed by atoms with Crippen molar-refractivity contribution < 1.29 is 9.53 Å². The van der Waals surface area contributed by atoms with Crippen molar-refractivity contribution in [2.75, 3.05) is 65.4 Å². The second kappa shape index (κ2) is 11.8. The van der Waals surface area contributed by atoms with E-state index in [-0.39, 0.29) is 11.9 Å². The van der Waals surface area contributed by atoms with Crippen LogP contribution < -0.4 is 20.7 Å². The van der Waals surface area contributed by atoms with Crippen molar-refractivity contribution in [3.05, 3.63) is 64.9 Å². The van der Waals surface area contributed by atoms with E-state index in [1.54, 1.807) is 20.4 Å². The summed E-state index contributed by atoms with van der Waals surface area (Å²) in [6.45, 7) is 10.5. The van der Waals surface area contributed by atoms with Crippen molar-refractivity contribution in [3.8, 4) is 5.75 Å². The van der Waals surface area contributed by atoms with E-state index in [0.29, 0.717) is 17.4 Å². The van der Waals surface area contributed by atoms with E-state index < -0.39 is 0 Å². The van der Waals surface area contributed by atoms with Gasteiger partial charge in [0.2, 0.25) is 0 Å². The van der Waals surface area contributed by atoms with E-state index in [4.69, 9.17) is 10.5 Å². The van der Waals surface area contributed by atoms with E-state index in [1.165, 1.54) is 6.20 Å². The normalized spacial score (nSPS) is 18.6. The summed E-state index contributed by atoms with van der Waals surface area (Å²) in [5, 5.41) is 3.18. The zero-order valence-corrected chi connectivity index (χ0v) is 22.7. The number of rotatable bonds is 8. The van der Waals surface area contributed by atoms with Gasteiger partial charge in [-0.3, -0.25) is 14.7 Å². The lowest BCUT2D eigenvalue weighted by Gasteiger charge is -2.49. The van der Waals surface area contributed by atoms with Crippen molar-refractivity contribution >= 4 is 23.4 Å². The number of anilines is 1. The Morgan fingerprint density at radius 1 is 1.16 bits per heavy atom. The summed E-state index contributed by atoms with van der Waals surface area (Å²) < 4.78 is 5.51. The SMILES string of the molecule is CN=CC(=CN)c1cc(OC)cc([C@@H](C)NC(=O)c2cc(N3CC(N4CCN(C)CC4)C3)ccc2C)c1. The highest BCUT2D eigenvalue weighted by Gasteiger charge is 2.33. The van der Waals surface area contributed by atoms with Gasteiger partial charge in [0.25, 0.3) is 5.91 Å². The molecule has 0 saturated carbocycles. The number of hydrogen-bond donors (Lipinski definition) is 2. The fourth-order valence-corrected chi connectivity index (χ4v) is 5.00. The lowest BCUT2D eigenvalue weighted by molar-refractivity contribution is 0.0938. The van der Waals surface area contributed by atoms with Crippen LogP contribution in [-0.4, -0.2) is 88.4 Å². The number of allylic oxidation sites excluding steroid dienone is 1. The Balaban J connectivity index is 1.45. The monoisotopic (exact) mass is 504 g/mol. The number of methoxy groups -OCH3 is 1. The molecule has 0 aliphatic carbocycles. The predicted molar refractivity (Wildman–Crippen MR) is 152 cm³/mol. The molecule has 8 heteroatoms. The molecule has 3 N–H and O–H groups in total. The first-order valence-corrected chi connectivity index (χ1v) is 13.0. The maximum Gasteiger partial charge on any atom is 0.252 e. The Morgan fingerprint density at radius 3 is 2.54 bits per heavy atom. The van der Waals surface area contributed by atoms with Gasteiger partial charge in [0, 0.05) is 81.6 Å². The van der Waals surface area contributed by atoms with Crippen molar-refractivity contribution in [1.29, 1.82) is 0 Å². The zero-order chi connectivity index (χ0) is 26.5. The number of nitrogens with zero attached hydrogens (tertiary/aromatic N) is 4. The molecule has 198 valence electrons. The number of hydrogen-bond acceptors (Lipinski definition) is 7. The molecule has 2 aliphatic heterocycles. The van der Waals surface area contributed by atoms with Gasteiger partial charge in [0.1, 0.15) is 5.75 Å². The van der Waals surface area contributed by atoms with Crippen molar-refractivity contribution in [2.24, 2.45) is 10.7 Å². The van der Waals surface area contributed by atoms with Crippen LogP contribution in [0, 0.1) is 6.92 Å². The first-order chi connectivity index (χ1) is 17.8. The summed E-state index contributed by atoms with van der Waals surface area (Å²) in [5.74, 6) is 0.611. The fraction of sp³-hybridized carbons (Fsp3) is 0.448. The summed E-state index contributed by atoms with van der Waals surface area (Å²) in [7, 11) is 5.52. The first-order valence-electron chi connectivity index (χ1n) is 13.0. The number of nitrogens with one attached hydrogen (secondary N) is 1. The van der Waals surface area contributed by atoms with Gasteiger partial charge in [0.15, 0.2) is 0 Å². The molecule has 0 unspecified atom stereocenters. The van der Waals surface area contributed by atoms with Crippen LogP contribution in [0.2, 0.25) is 0 Å². The van der Waals surface area contributed by atoms with Crippen molar-refractivity contribution in [1.82, 2.24) is 15.1 Å². The van der Waals surface area contributed by atoms with E-state index >= 15 is 0 Å². The second-order valence-corrected chi connectivity index (χ2v) is 10.1. The van der Waals surface area contributed by atoms with Crippen LogP contribution in [0.15, 0.2) is 47.6 Å². The molecule has 0 bridgehead atoms. The van der Waals surface area contributed by atoms with E-state index in [2.05, 4.69) is 38.1 Å². The highest BCUT2D eigenvalue weighted by molar-refractivity contribution is 6.09. The highest BCUT2D eigenvalue weighted by atomic mass is 16.5. The van der Waals surface area contributed by atoms with Gasteiger partial charge >= 0.3 is 0 Å². The number of nitrogens with two attached hydrogens (primary N) is 1. The summed E-state index contributed by atoms with van der Waals surface area (Å²) in [4.78, 5) is 24.8. The van der Waals surface area contributed by atoms with Crippen LogP contribution in [0.5, 0.6) is 5.75 Å². The number of benzene rings is 2. The molecule has 0 aromatic heterocycles. The van der Waals surface area contributed by atoms with Crippen LogP contribution in [0.25, 0.3) is 5.57 Å². The number of aryl methyl sites for hydroxylation is 1. The van der Waals surface area contributed by atoms with Crippen LogP contribution in [0.4, 0.5) is 5.69 Å². The average Bonchev–Trinajstić information content (AvgIpc) is 2.87. The number of carbonyl (C=O) groups excluding carboxylic acids is 1. The second-order valence-electron chi connectivity index (χ2n) is 10.1. The van der Waals surface area contributed by atoms with Gasteiger partial charge in [-0.05, 0) is 67.9 Å². The molecule has 2 aromatic rings. The molecule has 4 rings (SSSR count). The highest BCUT2D eigenvalue weighted by Crippen LogP contribution is 2.28. The third kappa shape index (κ3) is 6.14. The molecule has 2 aliphatic rings. The van der Waals surface area contributed by atoms with Gasteiger partial charge < -0.3 is 25.6 Å². The number of amides is 1. The molecule has 2 aromatic carbocycles.